The van der Waals surface area contributed by atoms with E-state index in [1.807, 2.05) is 29.2 Å². The zero-order valence-electron chi connectivity index (χ0n) is 15.5. The van der Waals surface area contributed by atoms with Crippen LogP contribution in [0.5, 0.6) is 0 Å². The third-order valence-electron chi connectivity index (χ3n) is 6.24. The minimum absolute atomic E-state index is 0.0706. The SMILES string of the molecule is O=C(CN1CCC[C@@H]2CCCC[C@@H]21)Nc1ccc(N2CCCC2=O)cc1. The molecule has 2 saturated heterocycles. The molecule has 0 spiro atoms. The summed E-state index contributed by atoms with van der Waals surface area (Å²) in [5.41, 5.74) is 1.73. The van der Waals surface area contributed by atoms with Crippen LogP contribution in [0.25, 0.3) is 0 Å². The number of amides is 2. The second kappa shape index (κ2) is 7.78. The van der Waals surface area contributed by atoms with Gasteiger partial charge in [0.2, 0.25) is 11.8 Å². The maximum Gasteiger partial charge on any atom is 0.238 e. The average Bonchev–Trinajstić information content (AvgIpc) is 3.09. The average molecular weight is 355 g/mol. The third kappa shape index (κ3) is 3.78. The van der Waals surface area contributed by atoms with Crippen LogP contribution in [0.2, 0.25) is 0 Å². The molecule has 0 aromatic heterocycles. The Labute approximate surface area is 155 Å². The standard InChI is InChI=1S/C21H29N3O2/c25-20(15-23-13-3-6-16-5-1-2-7-19(16)23)22-17-9-11-18(12-10-17)24-14-4-8-21(24)26/h9-12,16,19H,1-8,13-15H2,(H,22,25)/t16-,19-/m0/s1. The normalized spacial score (nSPS) is 26.6. The maximum absolute atomic E-state index is 12.5. The van der Waals surface area contributed by atoms with Crippen molar-refractivity contribution in [1.29, 1.82) is 0 Å². The van der Waals surface area contributed by atoms with E-state index in [4.69, 9.17) is 0 Å². The zero-order chi connectivity index (χ0) is 17.9. The number of carbonyl (C=O) groups is 2. The van der Waals surface area contributed by atoms with Crippen molar-refractivity contribution < 1.29 is 9.59 Å². The first-order chi connectivity index (χ1) is 12.7. The van der Waals surface area contributed by atoms with Gasteiger partial charge in [0.25, 0.3) is 0 Å². The maximum atomic E-state index is 12.5. The Bertz CT molecular complexity index is 656. The van der Waals surface area contributed by atoms with Gasteiger partial charge in [-0.3, -0.25) is 14.5 Å². The summed E-state index contributed by atoms with van der Waals surface area (Å²) in [6.07, 6.45) is 9.34. The van der Waals surface area contributed by atoms with Crippen molar-refractivity contribution in [2.45, 2.75) is 57.4 Å². The van der Waals surface area contributed by atoms with Gasteiger partial charge in [0.15, 0.2) is 0 Å². The molecular formula is C21H29N3O2. The second-order valence-electron chi connectivity index (χ2n) is 7.97. The summed E-state index contributed by atoms with van der Waals surface area (Å²) < 4.78 is 0. The van der Waals surface area contributed by atoms with Gasteiger partial charge in [-0.1, -0.05) is 12.8 Å². The second-order valence-corrected chi connectivity index (χ2v) is 7.97. The smallest absolute Gasteiger partial charge is 0.238 e. The highest BCUT2D eigenvalue weighted by molar-refractivity contribution is 5.96. The summed E-state index contributed by atoms with van der Waals surface area (Å²) in [7, 11) is 0. The molecular weight excluding hydrogens is 326 g/mol. The highest BCUT2D eigenvalue weighted by Gasteiger charge is 2.33. The fraction of sp³-hybridized carbons (Fsp3) is 0.619. The number of nitrogens with one attached hydrogen (secondary N) is 1. The molecule has 0 bridgehead atoms. The first-order valence-corrected chi connectivity index (χ1v) is 10.1. The van der Waals surface area contributed by atoms with Crippen LogP contribution in [-0.2, 0) is 9.59 Å². The molecule has 140 valence electrons. The monoisotopic (exact) mass is 355 g/mol. The van der Waals surface area contributed by atoms with E-state index in [2.05, 4.69) is 10.2 Å². The van der Waals surface area contributed by atoms with E-state index in [9.17, 15) is 9.59 Å². The fourth-order valence-electron chi connectivity index (χ4n) is 4.96. The Hall–Kier alpha value is -1.88. The zero-order valence-corrected chi connectivity index (χ0v) is 15.5. The molecule has 1 N–H and O–H groups in total. The van der Waals surface area contributed by atoms with Crippen LogP contribution in [0.3, 0.4) is 0 Å². The van der Waals surface area contributed by atoms with Crippen molar-refractivity contribution in [2.75, 3.05) is 29.9 Å². The van der Waals surface area contributed by atoms with E-state index in [0.717, 1.165) is 36.8 Å². The van der Waals surface area contributed by atoms with E-state index in [1.54, 1.807) is 0 Å². The summed E-state index contributed by atoms with van der Waals surface area (Å²) in [5.74, 6) is 1.05. The lowest BCUT2D eigenvalue weighted by molar-refractivity contribution is -0.119. The van der Waals surface area contributed by atoms with Crippen LogP contribution >= 0.6 is 0 Å². The molecule has 5 heteroatoms. The Balaban J connectivity index is 1.33. The Morgan fingerprint density at radius 2 is 1.77 bits per heavy atom. The molecule has 2 heterocycles. The van der Waals surface area contributed by atoms with Gasteiger partial charge in [-0.25, -0.2) is 0 Å². The number of nitrogens with zero attached hydrogens (tertiary/aromatic N) is 2. The minimum Gasteiger partial charge on any atom is -0.325 e. The highest BCUT2D eigenvalue weighted by atomic mass is 16.2. The number of piperidine rings is 1. The van der Waals surface area contributed by atoms with Gasteiger partial charge in [-0.05, 0) is 68.8 Å². The molecule has 2 atom stereocenters. The largest absolute Gasteiger partial charge is 0.325 e. The van der Waals surface area contributed by atoms with Gasteiger partial charge in [0.05, 0.1) is 6.54 Å². The van der Waals surface area contributed by atoms with Crippen molar-refractivity contribution in [2.24, 2.45) is 5.92 Å². The molecule has 1 aromatic rings. The van der Waals surface area contributed by atoms with Crippen LogP contribution < -0.4 is 10.2 Å². The molecule has 2 aliphatic heterocycles. The van der Waals surface area contributed by atoms with E-state index in [1.165, 1.54) is 38.5 Å². The number of fused-ring (bicyclic) bond motifs is 1. The predicted molar refractivity (Wildman–Crippen MR) is 103 cm³/mol. The van der Waals surface area contributed by atoms with Crippen molar-refractivity contribution in [1.82, 2.24) is 4.90 Å². The number of benzene rings is 1. The predicted octanol–water partition coefficient (Wildman–Crippen LogP) is 3.41. The molecule has 3 fully saturated rings. The summed E-state index contributed by atoms with van der Waals surface area (Å²) in [6, 6.07) is 8.26. The van der Waals surface area contributed by atoms with Crippen molar-refractivity contribution >= 4 is 23.2 Å². The number of likely N-dealkylation sites (tertiary alicyclic amines) is 1. The van der Waals surface area contributed by atoms with Gasteiger partial charge in [-0.15, -0.1) is 0 Å². The van der Waals surface area contributed by atoms with Gasteiger partial charge >= 0.3 is 0 Å². The van der Waals surface area contributed by atoms with Crippen LogP contribution in [0.1, 0.15) is 51.4 Å². The van der Waals surface area contributed by atoms with Crippen LogP contribution in [0, 0.1) is 5.92 Å². The fourth-order valence-corrected chi connectivity index (χ4v) is 4.96. The lowest BCUT2D eigenvalue weighted by atomic mass is 9.78. The Morgan fingerprint density at radius 1 is 1.00 bits per heavy atom. The van der Waals surface area contributed by atoms with Gasteiger partial charge in [-0.2, -0.15) is 0 Å². The van der Waals surface area contributed by atoms with Crippen LogP contribution in [0.4, 0.5) is 11.4 Å². The molecule has 1 aliphatic carbocycles. The lowest BCUT2D eigenvalue weighted by Crippen LogP contribution is -2.49. The first kappa shape index (κ1) is 17.5. The minimum atomic E-state index is 0.0706. The molecule has 4 rings (SSSR count). The number of hydrogen-bond donors (Lipinski definition) is 1. The van der Waals surface area contributed by atoms with Crippen LogP contribution in [-0.4, -0.2) is 42.4 Å². The quantitative estimate of drug-likeness (QED) is 0.900. The molecule has 5 nitrogen and oxygen atoms in total. The van der Waals surface area contributed by atoms with E-state index < -0.39 is 0 Å². The lowest BCUT2D eigenvalue weighted by Gasteiger charge is -2.43. The number of anilines is 2. The molecule has 3 aliphatic rings. The Morgan fingerprint density at radius 3 is 2.54 bits per heavy atom. The highest BCUT2D eigenvalue weighted by Crippen LogP contribution is 2.35. The van der Waals surface area contributed by atoms with Crippen molar-refractivity contribution in [3.63, 3.8) is 0 Å². The van der Waals surface area contributed by atoms with Crippen molar-refractivity contribution in [3.8, 4) is 0 Å². The number of rotatable bonds is 4. The Kier molecular flexibility index (Phi) is 5.25. The summed E-state index contributed by atoms with van der Waals surface area (Å²) >= 11 is 0. The first-order valence-electron chi connectivity index (χ1n) is 10.1. The summed E-state index contributed by atoms with van der Waals surface area (Å²) in [6.45, 7) is 2.33. The van der Waals surface area contributed by atoms with E-state index >= 15 is 0 Å². The topological polar surface area (TPSA) is 52.7 Å². The molecule has 2 amide bonds. The summed E-state index contributed by atoms with van der Waals surface area (Å²) in [5, 5.41) is 3.03. The molecule has 1 aromatic carbocycles. The van der Waals surface area contributed by atoms with Gasteiger partial charge in [0, 0.05) is 30.4 Å². The molecule has 0 unspecified atom stereocenters. The number of carbonyl (C=O) groups excluding carboxylic acids is 2. The number of hydrogen-bond acceptors (Lipinski definition) is 3. The molecule has 26 heavy (non-hydrogen) atoms. The molecule has 0 radical (unpaired) electrons. The van der Waals surface area contributed by atoms with Gasteiger partial charge < -0.3 is 10.2 Å². The van der Waals surface area contributed by atoms with Crippen LogP contribution in [0.15, 0.2) is 24.3 Å². The van der Waals surface area contributed by atoms with E-state index in [0.29, 0.717) is 19.0 Å². The molecule has 1 saturated carbocycles. The summed E-state index contributed by atoms with van der Waals surface area (Å²) in [4.78, 5) is 28.6. The van der Waals surface area contributed by atoms with E-state index in [-0.39, 0.29) is 11.8 Å². The van der Waals surface area contributed by atoms with Crippen molar-refractivity contribution in [3.05, 3.63) is 24.3 Å². The van der Waals surface area contributed by atoms with Gasteiger partial charge in [0.1, 0.15) is 0 Å². The third-order valence-corrected chi connectivity index (χ3v) is 6.24.